The van der Waals surface area contributed by atoms with Gasteiger partial charge in [0, 0.05) is 13.1 Å². The summed E-state index contributed by atoms with van der Waals surface area (Å²) >= 11 is 0. The van der Waals surface area contributed by atoms with Gasteiger partial charge in [0.25, 0.3) is 0 Å². The average molecular weight is 355 g/mol. The van der Waals surface area contributed by atoms with Crippen LogP contribution in [-0.2, 0) is 17.6 Å². The lowest BCUT2D eigenvalue weighted by Gasteiger charge is -2.33. The topological polar surface area (TPSA) is 75.4 Å². The molecule has 3 rings (SSSR count). The summed E-state index contributed by atoms with van der Waals surface area (Å²) in [5.41, 5.74) is 3.26. The first kappa shape index (κ1) is 18.2. The second-order valence-corrected chi connectivity index (χ2v) is 6.80. The van der Waals surface area contributed by atoms with E-state index in [1.807, 2.05) is 23.1 Å². The van der Waals surface area contributed by atoms with Gasteiger partial charge in [-0.25, -0.2) is 4.79 Å². The van der Waals surface area contributed by atoms with Crippen molar-refractivity contribution in [2.24, 2.45) is 0 Å². The fraction of sp³-hybridized carbons (Fsp3) is 0.450. The zero-order chi connectivity index (χ0) is 18.7. The van der Waals surface area contributed by atoms with Crippen LogP contribution >= 0.6 is 0 Å². The lowest BCUT2D eigenvalue weighted by atomic mass is 10.00. The molecule has 0 radical (unpaired) electrons. The standard InChI is InChI=1S/C20H25N3O3/c1-3-15-6-4-5-7-16(15)12-19(24)22-10-8-17(9-11-22)23-14(2)18(13-21-23)20(25)26/h4-7,13,17H,3,8-12H2,1-2H3,(H,25,26). The van der Waals surface area contributed by atoms with Crippen LogP contribution in [0.4, 0.5) is 0 Å². The minimum atomic E-state index is -0.948. The monoisotopic (exact) mass is 355 g/mol. The van der Waals surface area contributed by atoms with Gasteiger partial charge in [0.1, 0.15) is 5.56 Å². The van der Waals surface area contributed by atoms with Crippen molar-refractivity contribution in [3.05, 3.63) is 52.8 Å². The van der Waals surface area contributed by atoms with E-state index in [-0.39, 0.29) is 17.5 Å². The van der Waals surface area contributed by atoms with Gasteiger partial charge in [0.2, 0.25) is 5.91 Å². The molecule has 6 heteroatoms. The van der Waals surface area contributed by atoms with Crippen LogP contribution in [-0.4, -0.2) is 44.8 Å². The average Bonchev–Trinajstić information content (AvgIpc) is 3.04. The van der Waals surface area contributed by atoms with Crippen molar-refractivity contribution in [3.63, 3.8) is 0 Å². The molecule has 0 aliphatic carbocycles. The first-order valence-corrected chi connectivity index (χ1v) is 9.13. The van der Waals surface area contributed by atoms with Gasteiger partial charge in [-0.05, 0) is 37.3 Å². The molecule has 0 atom stereocenters. The molecule has 1 aromatic carbocycles. The van der Waals surface area contributed by atoms with Crippen molar-refractivity contribution in [2.45, 2.75) is 45.6 Å². The molecule has 0 unspecified atom stereocenters. The van der Waals surface area contributed by atoms with E-state index in [4.69, 9.17) is 5.11 Å². The molecular formula is C20H25N3O3. The highest BCUT2D eigenvalue weighted by atomic mass is 16.4. The number of aromatic nitrogens is 2. The smallest absolute Gasteiger partial charge is 0.339 e. The number of nitrogens with zero attached hydrogens (tertiary/aromatic N) is 3. The Morgan fingerprint density at radius 3 is 2.42 bits per heavy atom. The van der Waals surface area contributed by atoms with Crippen molar-refractivity contribution in [2.75, 3.05) is 13.1 Å². The van der Waals surface area contributed by atoms with E-state index in [2.05, 4.69) is 18.1 Å². The summed E-state index contributed by atoms with van der Waals surface area (Å²) in [6.45, 7) is 5.25. The van der Waals surface area contributed by atoms with Crippen LogP contribution in [0.1, 0.15) is 53.0 Å². The highest BCUT2D eigenvalue weighted by Gasteiger charge is 2.26. The number of carbonyl (C=O) groups is 2. The molecule has 1 aliphatic rings. The number of carboxylic acid groups (broad SMARTS) is 1. The Kier molecular flexibility index (Phi) is 5.40. The maximum absolute atomic E-state index is 12.7. The van der Waals surface area contributed by atoms with Gasteiger partial charge in [-0.15, -0.1) is 0 Å². The van der Waals surface area contributed by atoms with Gasteiger partial charge in [0.15, 0.2) is 0 Å². The quantitative estimate of drug-likeness (QED) is 0.895. The van der Waals surface area contributed by atoms with Crippen molar-refractivity contribution in [1.82, 2.24) is 14.7 Å². The molecule has 0 bridgehead atoms. The highest BCUT2D eigenvalue weighted by Crippen LogP contribution is 2.25. The van der Waals surface area contributed by atoms with Crippen LogP contribution in [0, 0.1) is 6.92 Å². The van der Waals surface area contributed by atoms with Crippen molar-refractivity contribution < 1.29 is 14.7 Å². The number of aromatic carboxylic acids is 1. The largest absolute Gasteiger partial charge is 0.478 e. The second kappa shape index (κ2) is 7.72. The number of benzene rings is 1. The molecule has 1 N–H and O–H groups in total. The third-order valence-corrected chi connectivity index (χ3v) is 5.28. The fourth-order valence-corrected chi connectivity index (χ4v) is 3.71. The Balaban J connectivity index is 1.61. The van der Waals surface area contributed by atoms with Crippen LogP contribution in [0.3, 0.4) is 0 Å². The Labute approximate surface area is 153 Å². The Bertz CT molecular complexity index is 804. The van der Waals surface area contributed by atoms with Gasteiger partial charge < -0.3 is 10.0 Å². The SMILES string of the molecule is CCc1ccccc1CC(=O)N1CCC(n2ncc(C(=O)O)c2C)CC1. The number of piperidine rings is 1. The van der Waals surface area contributed by atoms with E-state index >= 15 is 0 Å². The minimum absolute atomic E-state index is 0.148. The summed E-state index contributed by atoms with van der Waals surface area (Å²) in [5.74, 6) is -0.788. The minimum Gasteiger partial charge on any atom is -0.478 e. The van der Waals surface area contributed by atoms with Gasteiger partial charge in [-0.1, -0.05) is 31.2 Å². The fourth-order valence-electron chi connectivity index (χ4n) is 3.71. The van der Waals surface area contributed by atoms with Crippen molar-refractivity contribution in [3.8, 4) is 0 Å². The molecule has 2 aromatic rings. The first-order valence-electron chi connectivity index (χ1n) is 9.13. The number of rotatable bonds is 5. The molecule has 26 heavy (non-hydrogen) atoms. The number of aryl methyl sites for hydroxylation is 1. The zero-order valence-electron chi connectivity index (χ0n) is 15.3. The number of carboxylic acids is 1. The summed E-state index contributed by atoms with van der Waals surface area (Å²) in [4.78, 5) is 25.8. The summed E-state index contributed by atoms with van der Waals surface area (Å²) in [6.07, 6.45) is 4.37. The van der Waals surface area contributed by atoms with E-state index in [1.54, 1.807) is 11.6 Å². The first-order chi connectivity index (χ1) is 12.5. The summed E-state index contributed by atoms with van der Waals surface area (Å²) in [5, 5.41) is 13.4. The molecule has 6 nitrogen and oxygen atoms in total. The number of likely N-dealkylation sites (tertiary alicyclic amines) is 1. The van der Waals surface area contributed by atoms with Crippen molar-refractivity contribution >= 4 is 11.9 Å². The molecule has 138 valence electrons. The zero-order valence-corrected chi connectivity index (χ0v) is 15.3. The maximum atomic E-state index is 12.7. The van der Waals surface area contributed by atoms with Crippen LogP contribution in [0.5, 0.6) is 0 Å². The Morgan fingerprint density at radius 2 is 1.85 bits per heavy atom. The Morgan fingerprint density at radius 1 is 1.19 bits per heavy atom. The van der Waals surface area contributed by atoms with E-state index in [0.717, 1.165) is 24.8 Å². The lowest BCUT2D eigenvalue weighted by molar-refractivity contribution is -0.131. The second-order valence-electron chi connectivity index (χ2n) is 6.80. The molecule has 0 spiro atoms. The molecule has 2 heterocycles. The van der Waals surface area contributed by atoms with Gasteiger partial charge >= 0.3 is 5.97 Å². The van der Waals surface area contributed by atoms with E-state index in [1.165, 1.54) is 11.8 Å². The van der Waals surface area contributed by atoms with E-state index in [0.29, 0.717) is 25.2 Å². The molecule has 1 saturated heterocycles. The predicted molar refractivity (Wildman–Crippen MR) is 98.3 cm³/mol. The number of hydrogen-bond donors (Lipinski definition) is 1. The van der Waals surface area contributed by atoms with Crippen LogP contribution in [0.15, 0.2) is 30.5 Å². The maximum Gasteiger partial charge on any atom is 0.339 e. The third kappa shape index (κ3) is 3.64. The molecule has 1 aromatic heterocycles. The van der Waals surface area contributed by atoms with Crippen LogP contribution in [0.25, 0.3) is 0 Å². The summed E-state index contributed by atoms with van der Waals surface area (Å²) in [7, 11) is 0. The van der Waals surface area contributed by atoms with Crippen LogP contribution in [0.2, 0.25) is 0 Å². The highest BCUT2D eigenvalue weighted by molar-refractivity contribution is 5.88. The summed E-state index contributed by atoms with van der Waals surface area (Å²) in [6, 6.07) is 8.25. The Hall–Kier alpha value is -2.63. The molecule has 1 amide bonds. The van der Waals surface area contributed by atoms with Crippen molar-refractivity contribution in [1.29, 1.82) is 0 Å². The molecule has 0 saturated carbocycles. The van der Waals surface area contributed by atoms with E-state index < -0.39 is 5.97 Å². The van der Waals surface area contributed by atoms with Crippen LogP contribution < -0.4 is 0 Å². The number of hydrogen-bond acceptors (Lipinski definition) is 3. The number of amides is 1. The molecular weight excluding hydrogens is 330 g/mol. The lowest BCUT2D eigenvalue weighted by Crippen LogP contribution is -2.40. The molecule has 1 aliphatic heterocycles. The predicted octanol–water partition coefficient (Wildman–Crippen LogP) is 2.86. The van der Waals surface area contributed by atoms with Gasteiger partial charge in [-0.2, -0.15) is 5.10 Å². The third-order valence-electron chi connectivity index (χ3n) is 5.28. The normalized spacial score (nSPS) is 15.2. The summed E-state index contributed by atoms with van der Waals surface area (Å²) < 4.78 is 1.80. The van der Waals surface area contributed by atoms with Gasteiger partial charge in [0.05, 0.1) is 24.4 Å². The van der Waals surface area contributed by atoms with E-state index in [9.17, 15) is 9.59 Å². The van der Waals surface area contributed by atoms with Gasteiger partial charge in [-0.3, -0.25) is 9.48 Å². The number of carbonyl (C=O) groups excluding carboxylic acids is 1. The molecule has 1 fully saturated rings.